The number of aromatic amines is 1. The molecule has 87 heavy (non-hydrogen) atoms. The molecule has 0 unspecified atom stereocenters. The lowest BCUT2D eigenvalue weighted by Gasteiger charge is -2.02. The summed E-state index contributed by atoms with van der Waals surface area (Å²) < 4.78 is 17.0. The van der Waals surface area contributed by atoms with E-state index < -0.39 is 0 Å². The van der Waals surface area contributed by atoms with Crippen LogP contribution in [0.15, 0.2) is 113 Å². The molecule has 5 aromatic heterocycles. The van der Waals surface area contributed by atoms with Gasteiger partial charge in [0.2, 0.25) is 23.6 Å². The molecule has 22 nitrogen and oxygen atoms in total. The number of aliphatic imine (C=N–C) groups is 3. The lowest BCUT2D eigenvalue weighted by atomic mass is 10.0. The summed E-state index contributed by atoms with van der Waals surface area (Å²) in [5.41, 5.74) is 7.65. The molecule has 8 heterocycles. The summed E-state index contributed by atoms with van der Waals surface area (Å²) in [6.07, 6.45) is 5.87. The molecule has 0 bridgehead atoms. The Labute approximate surface area is 529 Å². The molecule has 0 atom stereocenters. The number of hydroxylamine groups is 2. The standard InChI is InChI=1S/C9H12O2.C7H10O2.C7H10OS.2C6H10N2O.C6H10N2S.C6H9NOS.C5H9N3.2C5H11NO/c1-6(2)8-5-11-4-7(3)9(8)10;2*1-5(2)7-3-6(8)4-9-7;3*1-4(2)6-7-5(3)9-8-6;1-4(2)6-5(8)3-9-7-6;1-4(2)5-6-3-7-8-5;2*1-4(2)5(7)6-3/h4-6H,1-3H3;2*3-5,8H,1-2H3;3*4H,3H2,1-2H3,(H,7,8);3-4,8H,1-2H3;3-4H,1-2H3,(H,6,7,8);2*4H,1-3H3,(H,6,7). The van der Waals surface area contributed by atoms with Crippen LogP contribution in [0, 0.1) is 36.5 Å². The minimum Gasteiger partial charge on any atom is -0.507 e. The highest BCUT2D eigenvalue weighted by atomic mass is 32.2. The Morgan fingerprint density at radius 2 is 1.13 bits per heavy atom. The molecule has 5 aromatic rings. The van der Waals surface area contributed by atoms with Crippen LogP contribution in [0.2, 0.25) is 0 Å². The number of H-pyrrole nitrogens is 1. The lowest BCUT2D eigenvalue weighted by molar-refractivity contribution is -0.124. The maximum absolute atomic E-state index is 11.4. The molecule has 2 amide bonds. The van der Waals surface area contributed by atoms with E-state index in [0.29, 0.717) is 70.3 Å². The predicted molar refractivity (Wildman–Crippen MR) is 358 cm³/mol. The highest BCUT2D eigenvalue weighted by Crippen LogP contribution is 2.27. The number of aromatic hydroxyl groups is 3. The molecule has 0 aromatic carbocycles. The number of aromatic nitrogens is 4. The Kier molecular flexibility index (Phi) is 41.4. The maximum Gasteiger partial charge on any atom is 0.240 e. The Morgan fingerprint density at radius 3 is 1.32 bits per heavy atom. The minimum atomic E-state index is 0.0972. The highest BCUT2D eigenvalue weighted by molar-refractivity contribution is 8.02. The van der Waals surface area contributed by atoms with Crippen molar-refractivity contribution < 1.29 is 43.4 Å². The number of amidine groups is 3. The first kappa shape index (κ1) is 81.7. The van der Waals surface area contributed by atoms with Gasteiger partial charge in [0.25, 0.3) is 0 Å². The van der Waals surface area contributed by atoms with Crippen LogP contribution >= 0.6 is 34.8 Å². The quantitative estimate of drug-likeness (QED) is 0.0587. The van der Waals surface area contributed by atoms with Crippen LogP contribution in [0.1, 0.15) is 201 Å². The number of thiophene rings is 1. The summed E-state index contributed by atoms with van der Waals surface area (Å²) in [5, 5.41) is 42.6. The van der Waals surface area contributed by atoms with Crippen molar-refractivity contribution in [2.45, 2.75) is 175 Å². The van der Waals surface area contributed by atoms with Gasteiger partial charge in [-0.25, -0.2) is 20.9 Å². The first-order valence-corrected chi connectivity index (χ1v) is 31.2. The van der Waals surface area contributed by atoms with Crippen molar-refractivity contribution in [3.63, 3.8) is 0 Å². The third kappa shape index (κ3) is 36.4. The summed E-state index contributed by atoms with van der Waals surface area (Å²) in [5.74, 6) is 9.90. The zero-order valence-corrected chi connectivity index (χ0v) is 58.1. The second kappa shape index (κ2) is 44.1. The van der Waals surface area contributed by atoms with E-state index in [0.717, 1.165) is 45.4 Å². The maximum atomic E-state index is 11.4. The summed E-state index contributed by atoms with van der Waals surface area (Å²) in [6.45, 7) is 52.6. The van der Waals surface area contributed by atoms with Crippen LogP contribution in [0.3, 0.4) is 0 Å². The van der Waals surface area contributed by atoms with Gasteiger partial charge in [0.1, 0.15) is 58.2 Å². The van der Waals surface area contributed by atoms with E-state index in [9.17, 15) is 14.4 Å². The van der Waals surface area contributed by atoms with E-state index in [1.165, 1.54) is 53.5 Å². The number of amides is 2. The molecular weight excluding hydrogens is 1170 g/mol. The van der Waals surface area contributed by atoms with E-state index in [4.69, 9.17) is 33.8 Å². The van der Waals surface area contributed by atoms with Crippen molar-refractivity contribution in [1.29, 1.82) is 0 Å². The van der Waals surface area contributed by atoms with Gasteiger partial charge in [-0.1, -0.05) is 145 Å². The van der Waals surface area contributed by atoms with Gasteiger partial charge in [-0.2, -0.15) is 19.5 Å². The fourth-order valence-corrected chi connectivity index (χ4v) is 7.68. The van der Waals surface area contributed by atoms with Crippen molar-refractivity contribution in [3.05, 3.63) is 128 Å². The van der Waals surface area contributed by atoms with Gasteiger partial charge < -0.3 is 49.2 Å². The average molecular weight is 1270 g/mol. The van der Waals surface area contributed by atoms with E-state index in [-0.39, 0.29) is 40.7 Å². The molecule has 0 fully saturated rings. The number of hydrogen-bond donors (Lipinski definition) is 9. The van der Waals surface area contributed by atoms with Crippen LogP contribution in [0.25, 0.3) is 0 Å². The third-order valence-electron chi connectivity index (χ3n) is 10.9. The molecule has 0 aliphatic carbocycles. The van der Waals surface area contributed by atoms with Crippen molar-refractivity contribution in [2.24, 2.45) is 44.6 Å². The molecule has 9 N–H and O–H groups in total. The normalized spacial score (nSPS) is 12.5. The average Bonchev–Trinajstić information content (AvgIpc) is 4.53. The topological polar surface area (TPSA) is 308 Å². The van der Waals surface area contributed by atoms with Gasteiger partial charge >= 0.3 is 0 Å². The second-order valence-corrected chi connectivity index (χ2v) is 24.7. The Balaban J connectivity index is 0. The summed E-state index contributed by atoms with van der Waals surface area (Å²) in [6, 6.07) is 3.44. The largest absolute Gasteiger partial charge is 0.507 e. The van der Waals surface area contributed by atoms with Gasteiger partial charge in [-0.15, -0.1) is 11.3 Å². The molecule has 0 saturated heterocycles. The summed E-state index contributed by atoms with van der Waals surface area (Å²) >= 11 is 4.39. The van der Waals surface area contributed by atoms with Crippen molar-refractivity contribution in [1.82, 2.24) is 45.9 Å². The number of nitrogens with one attached hydrogen (secondary N) is 6. The monoisotopic (exact) mass is 1270 g/mol. The molecule has 3 aliphatic heterocycles. The number of carbonyl (C=O) groups is 2. The van der Waals surface area contributed by atoms with Crippen molar-refractivity contribution in [3.8, 4) is 17.2 Å². The molecule has 3 aliphatic rings. The van der Waals surface area contributed by atoms with E-state index >= 15 is 0 Å². The molecule has 488 valence electrons. The van der Waals surface area contributed by atoms with Crippen LogP contribution in [0.4, 0.5) is 0 Å². The number of aryl methyl sites for hydroxylation is 1. The smallest absolute Gasteiger partial charge is 0.240 e. The molecule has 0 radical (unpaired) electrons. The number of carbonyl (C=O) groups excluding carboxylic acids is 2. The van der Waals surface area contributed by atoms with Crippen LogP contribution in [-0.4, -0.2) is 78.3 Å². The lowest BCUT2D eigenvalue weighted by Crippen LogP contribution is -2.22. The van der Waals surface area contributed by atoms with Gasteiger partial charge in [0.05, 0.1) is 23.6 Å². The highest BCUT2D eigenvalue weighted by Gasteiger charge is 2.15. The number of nitrogens with zero attached hydrogens (tertiary/aromatic N) is 6. The van der Waals surface area contributed by atoms with Crippen LogP contribution in [0.5, 0.6) is 17.2 Å². The first-order chi connectivity index (χ1) is 40.5. The minimum absolute atomic E-state index is 0.0972. The number of furan rings is 1. The zero-order chi connectivity index (χ0) is 67.3. The van der Waals surface area contributed by atoms with Crippen molar-refractivity contribution >= 4 is 64.1 Å². The fraction of sp³-hybridized carbons (Fsp3) is 0.532. The molecule has 8 rings (SSSR count). The van der Waals surface area contributed by atoms with Gasteiger partial charge in [-0.05, 0) is 49.5 Å². The zero-order valence-electron chi connectivity index (χ0n) is 55.6. The van der Waals surface area contributed by atoms with Crippen LogP contribution in [-0.2, 0) is 19.3 Å². The van der Waals surface area contributed by atoms with Gasteiger partial charge in [-0.3, -0.25) is 19.5 Å². The Hall–Kier alpha value is -7.38. The Morgan fingerprint density at radius 1 is 0.609 bits per heavy atom. The van der Waals surface area contributed by atoms with E-state index in [1.54, 1.807) is 49.2 Å². The summed E-state index contributed by atoms with van der Waals surface area (Å²) in [4.78, 5) is 59.0. The third-order valence-corrected chi connectivity index (χ3v) is 13.4. The molecule has 25 heteroatoms. The summed E-state index contributed by atoms with van der Waals surface area (Å²) in [7, 11) is 3.28. The van der Waals surface area contributed by atoms with Gasteiger partial charge in [0.15, 0.2) is 11.2 Å². The van der Waals surface area contributed by atoms with Crippen LogP contribution < -0.4 is 31.7 Å². The van der Waals surface area contributed by atoms with Crippen molar-refractivity contribution in [2.75, 3.05) is 14.1 Å². The van der Waals surface area contributed by atoms with Gasteiger partial charge in [0, 0.05) is 101 Å². The Bertz CT molecular complexity index is 2760. The molecule has 0 saturated carbocycles. The second-order valence-electron chi connectivity index (χ2n) is 22.3. The fourth-order valence-electron chi connectivity index (χ4n) is 5.56. The van der Waals surface area contributed by atoms with E-state index in [1.807, 2.05) is 103 Å². The van der Waals surface area contributed by atoms with E-state index in [2.05, 4.69) is 122 Å². The number of rotatable bonds is 10. The predicted octanol–water partition coefficient (Wildman–Crippen LogP) is 14.3. The molecule has 0 spiro atoms. The first-order valence-electron chi connectivity index (χ1n) is 28.6. The SMILES string of the molecule is C=C1N=C(C(C)C)NO1.C=C1N=C(C(C)C)NO1.C=C1N=C(C(C)C)NS1.CC(C)c1cc(O)co1.CC(C)c1cc(O)cs1.CC(C)c1ncn[nH]1.CC(C)c1nscc1O.CNC(=O)C(C)C.CNC(=O)C(C)C.Cc1cocc(C(C)C)c1=O. The molecular formula is C62H102N12O10S3. The number of hydrogen-bond acceptors (Lipinski definition) is 22.